The first-order valence-corrected chi connectivity index (χ1v) is 8.61. The van der Waals surface area contributed by atoms with Gasteiger partial charge in [0.25, 0.3) is 0 Å². The van der Waals surface area contributed by atoms with Crippen LogP contribution >= 0.6 is 0 Å². The predicted octanol–water partition coefficient (Wildman–Crippen LogP) is 2.99. The smallest absolute Gasteiger partial charge is 0.303 e. The van der Waals surface area contributed by atoms with Crippen molar-refractivity contribution in [1.29, 1.82) is 0 Å². The van der Waals surface area contributed by atoms with E-state index in [4.69, 9.17) is 9.52 Å². The second-order valence-electron chi connectivity index (χ2n) is 6.41. The van der Waals surface area contributed by atoms with E-state index in [0.29, 0.717) is 37.6 Å². The molecule has 3 rings (SSSR count). The molecule has 0 spiro atoms. The predicted molar refractivity (Wildman–Crippen MR) is 91.8 cm³/mol. The number of rotatable bonds is 6. The lowest BCUT2D eigenvalue weighted by Crippen LogP contribution is -2.39. The number of piperidine rings is 1. The summed E-state index contributed by atoms with van der Waals surface area (Å²) in [5.41, 5.74) is 0.966. The van der Waals surface area contributed by atoms with Gasteiger partial charge in [0.1, 0.15) is 0 Å². The molecular formula is C19H22N2O4. The zero-order chi connectivity index (χ0) is 17.6. The van der Waals surface area contributed by atoms with Crippen LogP contribution in [0.5, 0.6) is 0 Å². The van der Waals surface area contributed by atoms with Crippen LogP contribution in [0.4, 0.5) is 0 Å². The molecule has 1 saturated heterocycles. The summed E-state index contributed by atoms with van der Waals surface area (Å²) >= 11 is 0. The summed E-state index contributed by atoms with van der Waals surface area (Å²) in [4.78, 5) is 29.1. The molecule has 1 amide bonds. The SMILES string of the molecule is O=C(O)CC1CCN(C(=O)CCc2ncc(-c3ccccc3)o2)CC1. The van der Waals surface area contributed by atoms with Crippen molar-refractivity contribution in [2.45, 2.75) is 32.1 Å². The molecule has 0 bridgehead atoms. The Morgan fingerprint density at radius 3 is 2.60 bits per heavy atom. The maximum atomic E-state index is 12.3. The Labute approximate surface area is 146 Å². The topological polar surface area (TPSA) is 83.6 Å². The van der Waals surface area contributed by atoms with E-state index in [1.807, 2.05) is 35.2 Å². The highest BCUT2D eigenvalue weighted by Gasteiger charge is 2.24. The maximum Gasteiger partial charge on any atom is 0.303 e. The average molecular weight is 342 g/mol. The molecular weight excluding hydrogens is 320 g/mol. The van der Waals surface area contributed by atoms with Crippen molar-refractivity contribution in [3.8, 4) is 11.3 Å². The van der Waals surface area contributed by atoms with Crippen LogP contribution in [0, 0.1) is 5.92 Å². The van der Waals surface area contributed by atoms with Gasteiger partial charge in [-0.1, -0.05) is 30.3 Å². The van der Waals surface area contributed by atoms with Gasteiger partial charge in [0, 0.05) is 37.9 Å². The fourth-order valence-electron chi connectivity index (χ4n) is 3.17. The van der Waals surface area contributed by atoms with Gasteiger partial charge in [0.15, 0.2) is 11.7 Å². The third kappa shape index (κ3) is 4.68. The molecule has 0 radical (unpaired) electrons. The lowest BCUT2D eigenvalue weighted by Gasteiger charge is -2.31. The van der Waals surface area contributed by atoms with Gasteiger partial charge in [-0.25, -0.2) is 4.98 Å². The van der Waals surface area contributed by atoms with E-state index in [0.717, 1.165) is 18.4 Å². The number of hydrogen-bond donors (Lipinski definition) is 1. The molecule has 2 heterocycles. The molecule has 0 unspecified atom stereocenters. The highest BCUT2D eigenvalue weighted by Crippen LogP contribution is 2.22. The highest BCUT2D eigenvalue weighted by molar-refractivity contribution is 5.76. The molecule has 2 aromatic rings. The number of aryl methyl sites for hydroxylation is 1. The first-order chi connectivity index (χ1) is 12.1. The number of aliphatic carboxylic acids is 1. The number of carboxylic acids is 1. The van der Waals surface area contributed by atoms with Gasteiger partial charge in [-0.05, 0) is 18.8 Å². The number of carboxylic acid groups (broad SMARTS) is 1. The minimum atomic E-state index is -0.761. The number of amides is 1. The van der Waals surface area contributed by atoms with Gasteiger partial charge in [-0.15, -0.1) is 0 Å². The number of carbonyl (C=O) groups excluding carboxylic acids is 1. The number of hydrogen-bond acceptors (Lipinski definition) is 4. The van der Waals surface area contributed by atoms with E-state index >= 15 is 0 Å². The van der Waals surface area contributed by atoms with Crippen LogP contribution in [0.3, 0.4) is 0 Å². The molecule has 1 fully saturated rings. The van der Waals surface area contributed by atoms with E-state index in [1.54, 1.807) is 6.20 Å². The maximum absolute atomic E-state index is 12.3. The second kappa shape index (κ2) is 7.96. The normalized spacial score (nSPS) is 15.3. The summed E-state index contributed by atoms with van der Waals surface area (Å²) in [5, 5.41) is 8.84. The molecule has 6 nitrogen and oxygen atoms in total. The first-order valence-electron chi connectivity index (χ1n) is 8.61. The van der Waals surface area contributed by atoms with Crippen molar-refractivity contribution in [3.63, 3.8) is 0 Å². The van der Waals surface area contributed by atoms with Crippen LogP contribution in [-0.2, 0) is 16.0 Å². The molecule has 25 heavy (non-hydrogen) atoms. The number of nitrogens with zero attached hydrogens (tertiary/aromatic N) is 2. The Morgan fingerprint density at radius 1 is 1.20 bits per heavy atom. The van der Waals surface area contributed by atoms with Crippen LogP contribution in [0.2, 0.25) is 0 Å². The Balaban J connectivity index is 1.47. The molecule has 0 saturated carbocycles. The van der Waals surface area contributed by atoms with Crippen LogP contribution < -0.4 is 0 Å². The van der Waals surface area contributed by atoms with Gasteiger partial charge >= 0.3 is 5.97 Å². The van der Waals surface area contributed by atoms with Crippen molar-refractivity contribution >= 4 is 11.9 Å². The van der Waals surface area contributed by atoms with Crippen molar-refractivity contribution in [1.82, 2.24) is 9.88 Å². The van der Waals surface area contributed by atoms with Crippen molar-refractivity contribution in [2.75, 3.05) is 13.1 Å². The lowest BCUT2D eigenvalue weighted by atomic mass is 9.93. The van der Waals surface area contributed by atoms with Crippen molar-refractivity contribution in [3.05, 3.63) is 42.4 Å². The molecule has 132 valence electrons. The summed E-state index contributed by atoms with van der Waals surface area (Å²) in [7, 11) is 0. The monoisotopic (exact) mass is 342 g/mol. The van der Waals surface area contributed by atoms with E-state index < -0.39 is 5.97 Å². The average Bonchev–Trinajstić information content (AvgIpc) is 3.10. The van der Waals surface area contributed by atoms with Crippen LogP contribution in [0.25, 0.3) is 11.3 Å². The Kier molecular flexibility index (Phi) is 5.48. The largest absolute Gasteiger partial charge is 0.481 e. The zero-order valence-electron chi connectivity index (χ0n) is 14.1. The van der Waals surface area contributed by atoms with Gasteiger partial charge in [-0.3, -0.25) is 9.59 Å². The van der Waals surface area contributed by atoms with E-state index in [1.165, 1.54) is 0 Å². The van der Waals surface area contributed by atoms with E-state index in [9.17, 15) is 9.59 Å². The van der Waals surface area contributed by atoms with E-state index in [2.05, 4.69) is 4.98 Å². The van der Waals surface area contributed by atoms with Gasteiger partial charge in [-0.2, -0.15) is 0 Å². The fourth-order valence-corrected chi connectivity index (χ4v) is 3.17. The van der Waals surface area contributed by atoms with Gasteiger partial charge in [0.2, 0.25) is 5.91 Å². The number of oxazole rings is 1. The molecule has 1 aromatic heterocycles. The first kappa shape index (κ1) is 17.2. The Hall–Kier alpha value is -2.63. The molecule has 1 aliphatic rings. The number of carbonyl (C=O) groups is 2. The number of benzene rings is 1. The standard InChI is InChI=1S/C19H22N2O4/c22-18(21-10-8-14(9-11-21)12-19(23)24)7-6-17-20-13-16(25-17)15-4-2-1-3-5-15/h1-5,13-14H,6-12H2,(H,23,24). The summed E-state index contributed by atoms with van der Waals surface area (Å²) in [6, 6.07) is 9.73. The number of aromatic nitrogens is 1. The molecule has 1 aromatic carbocycles. The molecule has 6 heteroatoms. The van der Waals surface area contributed by atoms with Gasteiger partial charge in [0.05, 0.1) is 6.20 Å². The number of likely N-dealkylation sites (tertiary alicyclic amines) is 1. The van der Waals surface area contributed by atoms with Crippen LogP contribution in [0.1, 0.15) is 31.6 Å². The van der Waals surface area contributed by atoms with Crippen molar-refractivity contribution < 1.29 is 19.1 Å². The van der Waals surface area contributed by atoms with Gasteiger partial charge < -0.3 is 14.4 Å². The summed E-state index contributed by atoms with van der Waals surface area (Å²) in [6.45, 7) is 1.27. The minimum absolute atomic E-state index is 0.0771. The molecule has 0 atom stereocenters. The quantitative estimate of drug-likeness (QED) is 0.872. The second-order valence-corrected chi connectivity index (χ2v) is 6.41. The summed E-state index contributed by atoms with van der Waals surface area (Å²) < 4.78 is 5.72. The minimum Gasteiger partial charge on any atom is -0.481 e. The molecule has 1 aliphatic heterocycles. The third-order valence-corrected chi connectivity index (χ3v) is 4.60. The zero-order valence-corrected chi connectivity index (χ0v) is 14.1. The van der Waals surface area contributed by atoms with Crippen LogP contribution in [0.15, 0.2) is 40.9 Å². The van der Waals surface area contributed by atoms with Crippen molar-refractivity contribution in [2.24, 2.45) is 5.92 Å². The Bertz CT molecular complexity index is 718. The Morgan fingerprint density at radius 2 is 1.92 bits per heavy atom. The fraction of sp³-hybridized carbons (Fsp3) is 0.421. The third-order valence-electron chi connectivity index (χ3n) is 4.60. The van der Waals surface area contributed by atoms with E-state index in [-0.39, 0.29) is 18.2 Å². The molecule has 1 N–H and O–H groups in total. The van der Waals surface area contributed by atoms with Crippen LogP contribution in [-0.4, -0.2) is 40.0 Å². The summed E-state index contributed by atoms with van der Waals surface area (Å²) in [5.74, 6) is 0.767. The summed E-state index contributed by atoms with van der Waals surface area (Å²) in [6.07, 6.45) is 4.23. The lowest BCUT2D eigenvalue weighted by molar-refractivity contribution is -0.138. The molecule has 0 aliphatic carbocycles. The highest BCUT2D eigenvalue weighted by atomic mass is 16.4.